The van der Waals surface area contributed by atoms with Crippen molar-refractivity contribution in [3.8, 4) is 0 Å². The van der Waals surface area contributed by atoms with Crippen molar-refractivity contribution in [2.45, 2.75) is 0 Å². The Bertz CT molecular complexity index is 181. The molecule has 0 aliphatic rings. The first-order valence-electron chi connectivity index (χ1n) is 4.66. The maximum absolute atomic E-state index is 11.2. The van der Waals surface area contributed by atoms with Crippen LogP contribution in [0.4, 0.5) is 0 Å². The molecule has 0 saturated carbocycles. The molecule has 0 aromatic rings. The summed E-state index contributed by atoms with van der Waals surface area (Å²) < 4.78 is 5.01. The Morgan fingerprint density at radius 2 is 2.07 bits per heavy atom. The highest BCUT2D eigenvalue weighted by Gasteiger charge is 2.05. The Kier molecular flexibility index (Phi) is 7.06. The molecule has 0 amide bonds. The number of esters is 1. The maximum atomic E-state index is 11.2. The monoisotopic (exact) mass is 200 g/mol. The van der Waals surface area contributed by atoms with Gasteiger partial charge in [0, 0.05) is 13.1 Å². The molecule has 0 heterocycles. The van der Waals surface area contributed by atoms with E-state index in [1.54, 1.807) is 6.08 Å². The van der Waals surface area contributed by atoms with Crippen LogP contribution in [0.25, 0.3) is 0 Å². The smallest absolute Gasteiger partial charge is 0.320 e. The molecule has 4 nitrogen and oxygen atoms in total. The van der Waals surface area contributed by atoms with E-state index in [4.69, 9.17) is 4.74 Å². The van der Waals surface area contributed by atoms with E-state index in [2.05, 4.69) is 6.58 Å². The van der Waals surface area contributed by atoms with Crippen LogP contribution in [0, 0.1) is 0 Å². The van der Waals surface area contributed by atoms with Gasteiger partial charge < -0.3 is 9.64 Å². The molecule has 0 N–H and O–H groups in total. The highest BCUT2D eigenvalue weighted by Crippen LogP contribution is 1.86. The molecule has 4 heteroatoms. The quantitative estimate of drug-likeness (QED) is 0.434. The molecule has 0 atom stereocenters. The Morgan fingerprint density at radius 1 is 1.43 bits per heavy atom. The Balaban J connectivity index is 3.49. The largest absolute Gasteiger partial charge is 0.463 e. The van der Waals surface area contributed by atoms with E-state index < -0.39 is 0 Å². The second-order valence-electron chi connectivity index (χ2n) is 3.51. The van der Waals surface area contributed by atoms with E-state index >= 15 is 0 Å². The van der Waals surface area contributed by atoms with E-state index in [-0.39, 0.29) is 5.97 Å². The van der Waals surface area contributed by atoms with Gasteiger partial charge in [0.25, 0.3) is 0 Å². The minimum Gasteiger partial charge on any atom is -0.463 e. The van der Waals surface area contributed by atoms with Gasteiger partial charge in [-0.25, -0.2) is 0 Å². The average Bonchev–Trinajstić information content (AvgIpc) is 2.03. The van der Waals surface area contributed by atoms with Gasteiger partial charge in [-0.2, -0.15) is 0 Å². The van der Waals surface area contributed by atoms with Gasteiger partial charge in [0.1, 0.15) is 6.61 Å². The van der Waals surface area contributed by atoms with Gasteiger partial charge in [-0.15, -0.1) is 6.58 Å². The molecule has 0 radical (unpaired) electrons. The van der Waals surface area contributed by atoms with E-state index in [0.717, 1.165) is 6.54 Å². The molecule has 0 spiro atoms. The second kappa shape index (κ2) is 7.53. The Morgan fingerprint density at radius 3 is 2.57 bits per heavy atom. The minimum atomic E-state index is -0.184. The molecule has 0 aromatic carbocycles. The number of carbonyl (C=O) groups excluding carboxylic acids is 1. The molecule has 0 aliphatic carbocycles. The maximum Gasteiger partial charge on any atom is 0.320 e. The van der Waals surface area contributed by atoms with Crippen molar-refractivity contribution in [3.63, 3.8) is 0 Å². The molecule has 0 aliphatic heterocycles. The molecular weight excluding hydrogens is 180 g/mol. The predicted octanol–water partition coefficient (Wildman–Crippen LogP) is 0.209. The fourth-order valence-electron chi connectivity index (χ4n) is 0.893. The SMILES string of the molecule is C=CCN(C)CC(=O)OCCN(C)C. The Labute approximate surface area is 86.1 Å². The summed E-state index contributed by atoms with van der Waals surface area (Å²) in [5.41, 5.74) is 0. The van der Waals surface area contributed by atoms with Gasteiger partial charge in [-0.3, -0.25) is 9.69 Å². The average molecular weight is 200 g/mol. The van der Waals surface area contributed by atoms with Crippen LogP contribution in [0.2, 0.25) is 0 Å². The van der Waals surface area contributed by atoms with Crippen molar-refractivity contribution in [2.24, 2.45) is 0 Å². The third-order valence-corrected chi connectivity index (χ3v) is 1.64. The van der Waals surface area contributed by atoms with Crippen molar-refractivity contribution in [1.82, 2.24) is 9.80 Å². The summed E-state index contributed by atoms with van der Waals surface area (Å²) in [7, 11) is 5.74. The summed E-state index contributed by atoms with van der Waals surface area (Å²) in [6, 6.07) is 0. The zero-order valence-corrected chi connectivity index (χ0v) is 9.32. The van der Waals surface area contributed by atoms with Crippen molar-refractivity contribution >= 4 is 5.97 Å². The molecule has 0 saturated heterocycles. The fourth-order valence-corrected chi connectivity index (χ4v) is 0.893. The van der Waals surface area contributed by atoms with Crippen LogP contribution in [0.1, 0.15) is 0 Å². The van der Waals surface area contributed by atoms with Gasteiger partial charge in [0.15, 0.2) is 0 Å². The van der Waals surface area contributed by atoms with Crippen molar-refractivity contribution in [2.75, 3.05) is 47.4 Å². The lowest BCUT2D eigenvalue weighted by Gasteiger charge is -2.14. The standard InChI is InChI=1S/C10H20N2O2/c1-5-6-12(4)9-10(13)14-8-7-11(2)3/h5H,1,6-9H2,2-4H3. The Hall–Kier alpha value is -0.870. The predicted molar refractivity (Wildman–Crippen MR) is 57.2 cm³/mol. The van der Waals surface area contributed by atoms with E-state index in [0.29, 0.717) is 19.7 Å². The number of hydrogen-bond donors (Lipinski definition) is 0. The number of rotatable bonds is 7. The lowest BCUT2D eigenvalue weighted by molar-refractivity contribution is -0.144. The molecule has 0 unspecified atom stereocenters. The highest BCUT2D eigenvalue weighted by molar-refractivity contribution is 5.71. The normalized spacial score (nSPS) is 10.6. The zero-order valence-electron chi connectivity index (χ0n) is 9.32. The third-order valence-electron chi connectivity index (χ3n) is 1.64. The minimum absolute atomic E-state index is 0.184. The lowest BCUT2D eigenvalue weighted by Crippen LogP contribution is -2.29. The zero-order chi connectivity index (χ0) is 11.0. The molecule has 0 fully saturated rings. The summed E-state index contributed by atoms with van der Waals surface area (Å²) in [5, 5.41) is 0. The summed E-state index contributed by atoms with van der Waals surface area (Å²) in [6.45, 7) is 5.82. The highest BCUT2D eigenvalue weighted by atomic mass is 16.5. The van der Waals surface area contributed by atoms with Crippen LogP contribution in [0.3, 0.4) is 0 Å². The first-order chi connectivity index (χ1) is 6.56. The summed E-state index contributed by atoms with van der Waals surface area (Å²) in [6.07, 6.45) is 1.76. The molecule has 14 heavy (non-hydrogen) atoms. The summed E-state index contributed by atoms with van der Waals surface area (Å²) >= 11 is 0. The van der Waals surface area contributed by atoms with Crippen LogP contribution >= 0.6 is 0 Å². The van der Waals surface area contributed by atoms with E-state index in [1.165, 1.54) is 0 Å². The summed E-state index contributed by atoms with van der Waals surface area (Å²) in [5.74, 6) is -0.184. The second-order valence-corrected chi connectivity index (χ2v) is 3.51. The van der Waals surface area contributed by atoms with Gasteiger partial charge in [0.2, 0.25) is 0 Å². The molecule has 0 rings (SSSR count). The van der Waals surface area contributed by atoms with Crippen LogP contribution in [0.5, 0.6) is 0 Å². The molecule has 0 aromatic heterocycles. The van der Waals surface area contributed by atoms with Crippen LogP contribution in [-0.4, -0.2) is 63.2 Å². The lowest BCUT2D eigenvalue weighted by atomic mass is 10.5. The van der Waals surface area contributed by atoms with Crippen LogP contribution < -0.4 is 0 Å². The van der Waals surface area contributed by atoms with E-state index in [9.17, 15) is 4.79 Å². The fraction of sp³-hybridized carbons (Fsp3) is 0.700. The van der Waals surface area contributed by atoms with Crippen LogP contribution in [-0.2, 0) is 9.53 Å². The van der Waals surface area contributed by atoms with Crippen LogP contribution in [0.15, 0.2) is 12.7 Å². The van der Waals surface area contributed by atoms with Crippen molar-refractivity contribution < 1.29 is 9.53 Å². The topological polar surface area (TPSA) is 32.8 Å². The first kappa shape index (κ1) is 13.1. The number of likely N-dealkylation sites (N-methyl/N-ethyl adjacent to an activating group) is 2. The van der Waals surface area contributed by atoms with Gasteiger partial charge in [-0.1, -0.05) is 6.08 Å². The van der Waals surface area contributed by atoms with Crippen molar-refractivity contribution in [1.29, 1.82) is 0 Å². The number of carbonyl (C=O) groups is 1. The van der Waals surface area contributed by atoms with Gasteiger partial charge >= 0.3 is 5.97 Å². The van der Waals surface area contributed by atoms with E-state index in [1.807, 2.05) is 30.9 Å². The molecule has 82 valence electrons. The summed E-state index contributed by atoms with van der Waals surface area (Å²) in [4.78, 5) is 15.0. The molecular formula is C10H20N2O2. The number of hydrogen-bond acceptors (Lipinski definition) is 4. The van der Waals surface area contributed by atoms with Gasteiger partial charge in [0.05, 0.1) is 6.54 Å². The molecule has 0 bridgehead atoms. The number of nitrogens with zero attached hydrogens (tertiary/aromatic N) is 2. The van der Waals surface area contributed by atoms with Gasteiger partial charge in [-0.05, 0) is 21.1 Å². The third kappa shape index (κ3) is 7.76. The van der Waals surface area contributed by atoms with Crippen molar-refractivity contribution in [3.05, 3.63) is 12.7 Å². The first-order valence-corrected chi connectivity index (χ1v) is 4.66. The number of ether oxygens (including phenoxy) is 1.